The number of rotatable bonds is 4. The maximum Gasteiger partial charge on any atom is 0.211 e. The average Bonchev–Trinajstić information content (AvgIpc) is 3.00. The third-order valence-electron chi connectivity index (χ3n) is 4.17. The zero-order valence-corrected chi connectivity index (χ0v) is 19.0. The van der Waals surface area contributed by atoms with Gasteiger partial charge < -0.3 is 32.1 Å². The Balaban J connectivity index is 0.00000225. The Kier molecular flexibility index (Phi) is 8.37. The molecule has 162 valence electrons. The molecular weight excluding hydrogens is 474 g/mol. The van der Waals surface area contributed by atoms with E-state index < -0.39 is 0 Å². The van der Waals surface area contributed by atoms with Gasteiger partial charge in [0, 0.05) is 36.0 Å². The van der Waals surface area contributed by atoms with Crippen LogP contribution in [0.5, 0.6) is 0 Å². The first-order valence-electron chi connectivity index (χ1n) is 7.92. The maximum atomic E-state index is 6.47. The summed E-state index contributed by atoms with van der Waals surface area (Å²) in [6.45, 7) is 0. The number of aryl methyl sites for hydroxylation is 2. The third-order valence-corrected chi connectivity index (χ3v) is 5.08. The van der Waals surface area contributed by atoms with Crippen molar-refractivity contribution in [3.05, 3.63) is 33.6 Å². The molecule has 3 rings (SSSR count). The van der Waals surface area contributed by atoms with E-state index in [2.05, 4.69) is 20.4 Å². The summed E-state index contributed by atoms with van der Waals surface area (Å²) in [5.74, 6) is -0.300. The summed E-state index contributed by atoms with van der Waals surface area (Å²) in [6.07, 6.45) is 2.99. The number of aromatic nitrogens is 2. The van der Waals surface area contributed by atoms with Crippen LogP contribution in [0, 0.1) is 0 Å². The second-order valence-corrected chi connectivity index (χ2v) is 6.67. The Bertz CT molecular complexity index is 1100. The van der Waals surface area contributed by atoms with E-state index in [9.17, 15) is 0 Å². The van der Waals surface area contributed by atoms with Gasteiger partial charge in [-0.05, 0) is 12.1 Å². The van der Waals surface area contributed by atoms with Gasteiger partial charge in [0.25, 0.3) is 0 Å². The Morgan fingerprint density at radius 2 is 1.13 bits per heavy atom. The van der Waals surface area contributed by atoms with Crippen molar-refractivity contribution in [3.63, 3.8) is 0 Å². The number of nitrogens with zero attached hydrogens (tertiary/aromatic N) is 6. The number of halogens is 4. The Hall–Kier alpha value is -2.66. The predicted molar refractivity (Wildman–Crippen MR) is 131 cm³/mol. The van der Waals surface area contributed by atoms with Gasteiger partial charge in [-0.15, -0.1) is 35.0 Å². The molecule has 0 radical (unpaired) electrons. The molecule has 0 spiro atoms. The van der Waals surface area contributed by atoms with Crippen molar-refractivity contribution in [2.75, 3.05) is 0 Å². The Morgan fingerprint density at radius 1 is 0.767 bits per heavy atom. The molecule has 0 saturated heterocycles. The van der Waals surface area contributed by atoms with E-state index in [4.69, 9.17) is 46.1 Å². The maximum absolute atomic E-state index is 6.47. The smallest absolute Gasteiger partial charge is 0.211 e. The highest BCUT2D eigenvalue weighted by atomic mass is 35.5. The van der Waals surface area contributed by atoms with Crippen LogP contribution in [0.15, 0.2) is 32.5 Å². The second kappa shape index (κ2) is 9.90. The quantitative estimate of drug-likeness (QED) is 0.248. The van der Waals surface area contributed by atoms with Crippen LogP contribution in [-0.2, 0) is 14.1 Å². The highest BCUT2D eigenvalue weighted by Crippen LogP contribution is 2.35. The molecule has 0 aliphatic carbocycles. The fraction of sp³-hybridized carbons (Fsp3) is 0.125. The predicted octanol–water partition coefficient (Wildman–Crippen LogP) is 2.04. The topological polar surface area (TPSA) is 163 Å². The van der Waals surface area contributed by atoms with Crippen LogP contribution in [0.25, 0.3) is 21.8 Å². The third kappa shape index (κ3) is 4.57. The molecule has 0 unspecified atom stereocenters. The van der Waals surface area contributed by atoms with Crippen molar-refractivity contribution in [3.8, 4) is 0 Å². The highest BCUT2D eigenvalue weighted by molar-refractivity contribution is 6.36. The molecule has 0 aliphatic heterocycles. The SMILES string of the molecule is Cl.Cl.Cn1c(Cl)c(/C=N/N=C(N)N)c2cc3c(/C=N/N=C(N)N)c(Cl)n(C)c3cc21. The number of fused-ring (bicyclic) bond motifs is 2. The fourth-order valence-corrected chi connectivity index (χ4v) is 3.39. The van der Waals surface area contributed by atoms with Gasteiger partial charge in [-0.2, -0.15) is 10.2 Å². The summed E-state index contributed by atoms with van der Waals surface area (Å²) >= 11 is 12.9. The van der Waals surface area contributed by atoms with Gasteiger partial charge in [0.2, 0.25) is 11.9 Å². The standard InChI is InChI=1S/C16H18Cl2N10.2ClH/c1-27-11-4-12-8(10(14(18)28(12)2)6-24-26-16(21)22)3-7(11)9(13(27)17)5-23-25-15(19)20;;/h3-6H,1-2H3,(H4,19,20,25)(H4,21,22,26);2*1H/b23-5+,24-6+;;. The van der Waals surface area contributed by atoms with Gasteiger partial charge in [-0.1, -0.05) is 23.2 Å². The number of nitrogens with two attached hydrogens (primary N) is 4. The normalized spacial score (nSPS) is 11.1. The lowest BCUT2D eigenvalue weighted by Crippen LogP contribution is -2.21. The van der Waals surface area contributed by atoms with E-state index in [-0.39, 0.29) is 36.7 Å². The molecule has 2 heterocycles. The van der Waals surface area contributed by atoms with E-state index in [0.29, 0.717) is 21.4 Å². The molecule has 30 heavy (non-hydrogen) atoms. The lowest BCUT2D eigenvalue weighted by Gasteiger charge is -2.00. The van der Waals surface area contributed by atoms with Crippen LogP contribution in [0.4, 0.5) is 0 Å². The first-order valence-corrected chi connectivity index (χ1v) is 8.67. The van der Waals surface area contributed by atoms with Crippen molar-refractivity contribution in [1.82, 2.24) is 9.13 Å². The second-order valence-electron chi connectivity index (χ2n) is 5.95. The van der Waals surface area contributed by atoms with E-state index in [1.165, 1.54) is 12.4 Å². The molecule has 0 atom stereocenters. The monoisotopic (exact) mass is 492 g/mol. The molecule has 0 aliphatic rings. The van der Waals surface area contributed by atoms with Crippen LogP contribution in [0.3, 0.4) is 0 Å². The van der Waals surface area contributed by atoms with Crippen molar-refractivity contribution in [1.29, 1.82) is 0 Å². The lowest BCUT2D eigenvalue weighted by molar-refractivity contribution is 0.957. The van der Waals surface area contributed by atoms with Crippen LogP contribution in [0.2, 0.25) is 10.3 Å². The summed E-state index contributed by atoms with van der Waals surface area (Å²) < 4.78 is 3.67. The van der Waals surface area contributed by atoms with Gasteiger partial charge in [0.05, 0.1) is 23.5 Å². The van der Waals surface area contributed by atoms with Gasteiger partial charge >= 0.3 is 0 Å². The van der Waals surface area contributed by atoms with Crippen molar-refractivity contribution >= 4 is 94.2 Å². The van der Waals surface area contributed by atoms with E-state index >= 15 is 0 Å². The first-order chi connectivity index (χ1) is 13.2. The Morgan fingerprint density at radius 3 is 1.47 bits per heavy atom. The van der Waals surface area contributed by atoms with Crippen molar-refractivity contribution < 1.29 is 0 Å². The first kappa shape index (κ1) is 25.4. The molecule has 14 heteroatoms. The van der Waals surface area contributed by atoms with E-state index in [0.717, 1.165) is 21.8 Å². The molecule has 0 bridgehead atoms. The largest absolute Gasteiger partial charge is 0.369 e. The number of hydrogen-bond acceptors (Lipinski definition) is 4. The zero-order chi connectivity index (χ0) is 20.6. The molecule has 3 aromatic rings. The molecule has 1 aromatic carbocycles. The van der Waals surface area contributed by atoms with Crippen molar-refractivity contribution in [2.45, 2.75) is 0 Å². The van der Waals surface area contributed by atoms with Crippen LogP contribution < -0.4 is 22.9 Å². The summed E-state index contributed by atoms with van der Waals surface area (Å²) in [6, 6.07) is 3.91. The van der Waals surface area contributed by atoms with Gasteiger partial charge in [0.15, 0.2) is 0 Å². The summed E-state index contributed by atoms with van der Waals surface area (Å²) in [7, 11) is 3.69. The number of benzene rings is 1. The molecule has 2 aromatic heterocycles. The van der Waals surface area contributed by atoms with Gasteiger partial charge in [-0.3, -0.25) is 0 Å². The van der Waals surface area contributed by atoms with E-state index in [1.54, 1.807) is 0 Å². The summed E-state index contributed by atoms with van der Waals surface area (Å²) in [5, 5.41) is 17.6. The molecule has 0 fully saturated rings. The van der Waals surface area contributed by atoms with Crippen molar-refractivity contribution in [2.24, 2.45) is 57.4 Å². The summed E-state index contributed by atoms with van der Waals surface area (Å²) in [4.78, 5) is 0. The van der Waals surface area contributed by atoms with Gasteiger partial charge in [0.1, 0.15) is 10.3 Å². The molecule has 10 nitrogen and oxygen atoms in total. The molecule has 0 saturated carbocycles. The van der Waals surface area contributed by atoms with Crippen LogP contribution >= 0.6 is 48.0 Å². The van der Waals surface area contributed by atoms with Crippen LogP contribution in [0.1, 0.15) is 11.1 Å². The fourth-order valence-electron chi connectivity index (χ4n) is 2.91. The van der Waals surface area contributed by atoms with Gasteiger partial charge in [-0.25, -0.2) is 0 Å². The Labute approximate surface area is 194 Å². The average molecular weight is 494 g/mol. The minimum absolute atomic E-state index is 0. The summed E-state index contributed by atoms with van der Waals surface area (Å²) in [5.41, 5.74) is 24.3. The molecule has 0 amide bonds. The lowest BCUT2D eigenvalue weighted by atomic mass is 10.1. The molecule has 8 N–H and O–H groups in total. The minimum Gasteiger partial charge on any atom is -0.369 e. The highest BCUT2D eigenvalue weighted by Gasteiger charge is 2.18. The number of guanidine groups is 2. The van der Waals surface area contributed by atoms with E-state index in [1.807, 2.05) is 35.4 Å². The minimum atomic E-state index is -0.150. The van der Waals surface area contributed by atoms with Crippen LogP contribution in [-0.4, -0.2) is 33.5 Å². The molecular formula is C16H20Cl4N10. The number of hydrogen-bond donors (Lipinski definition) is 4. The zero-order valence-electron chi connectivity index (χ0n) is 15.9.